The molecule has 0 aliphatic carbocycles. The fourth-order valence-electron chi connectivity index (χ4n) is 2.77. The van der Waals surface area contributed by atoms with E-state index in [1.807, 2.05) is 0 Å². The quantitative estimate of drug-likeness (QED) is 0.676. The van der Waals surface area contributed by atoms with E-state index in [1.165, 1.54) is 0 Å². The summed E-state index contributed by atoms with van der Waals surface area (Å²) in [5.74, 6) is 0.262. The van der Waals surface area contributed by atoms with Gasteiger partial charge in [0.1, 0.15) is 6.04 Å². The number of amides is 2. The van der Waals surface area contributed by atoms with Gasteiger partial charge in [-0.3, -0.25) is 9.59 Å². The minimum atomic E-state index is -0.178. The maximum absolute atomic E-state index is 12.3. The first-order valence-corrected chi connectivity index (χ1v) is 6.81. The topological polar surface area (TPSA) is 49.9 Å². The molecular formula is C13H22N2O3. The highest BCUT2D eigenvalue weighted by Gasteiger charge is 2.39. The lowest BCUT2D eigenvalue weighted by molar-refractivity contribution is -0.157. The molecule has 0 aromatic heterocycles. The van der Waals surface area contributed by atoms with E-state index in [4.69, 9.17) is 4.74 Å². The molecule has 0 N–H and O–H groups in total. The number of nitrogens with zero attached hydrogens (tertiary/aromatic N) is 2. The van der Waals surface area contributed by atoms with E-state index in [9.17, 15) is 9.59 Å². The maximum Gasteiger partial charge on any atom is 0.245 e. The van der Waals surface area contributed by atoms with Crippen molar-refractivity contribution >= 4 is 11.8 Å². The minimum Gasteiger partial charge on any atom is -0.385 e. The monoisotopic (exact) mass is 254 g/mol. The predicted molar refractivity (Wildman–Crippen MR) is 67.0 cm³/mol. The van der Waals surface area contributed by atoms with Crippen LogP contribution in [0.5, 0.6) is 0 Å². The zero-order valence-corrected chi connectivity index (χ0v) is 11.1. The molecule has 2 aliphatic rings. The van der Waals surface area contributed by atoms with E-state index < -0.39 is 0 Å². The fourth-order valence-corrected chi connectivity index (χ4v) is 2.77. The van der Waals surface area contributed by atoms with E-state index >= 15 is 0 Å². The fraction of sp³-hybridized carbons (Fsp3) is 0.846. The van der Waals surface area contributed by atoms with Gasteiger partial charge in [-0.2, -0.15) is 0 Å². The van der Waals surface area contributed by atoms with Crippen LogP contribution in [0.1, 0.15) is 32.1 Å². The van der Waals surface area contributed by atoms with Crippen molar-refractivity contribution in [2.45, 2.75) is 38.1 Å². The Balaban J connectivity index is 1.88. The number of ether oxygens (including phenoxy) is 1. The molecule has 2 fully saturated rings. The van der Waals surface area contributed by atoms with Gasteiger partial charge in [0.05, 0.1) is 6.54 Å². The SMILES string of the molecule is COCCCCN1CC(=O)N2CCCCC2C1=O. The second kappa shape index (κ2) is 6.18. The molecule has 5 heteroatoms. The molecule has 1 unspecified atom stereocenters. The predicted octanol–water partition coefficient (Wildman–Crippen LogP) is 0.636. The van der Waals surface area contributed by atoms with Crippen molar-refractivity contribution in [3.8, 4) is 0 Å². The van der Waals surface area contributed by atoms with Crippen molar-refractivity contribution in [1.29, 1.82) is 0 Å². The molecule has 2 heterocycles. The van der Waals surface area contributed by atoms with Gasteiger partial charge in [0.25, 0.3) is 0 Å². The average molecular weight is 254 g/mol. The van der Waals surface area contributed by atoms with Crippen molar-refractivity contribution < 1.29 is 14.3 Å². The van der Waals surface area contributed by atoms with E-state index in [0.29, 0.717) is 13.2 Å². The van der Waals surface area contributed by atoms with E-state index in [1.54, 1.807) is 16.9 Å². The van der Waals surface area contributed by atoms with Gasteiger partial charge >= 0.3 is 0 Å². The largest absolute Gasteiger partial charge is 0.385 e. The molecule has 5 nitrogen and oxygen atoms in total. The van der Waals surface area contributed by atoms with Crippen molar-refractivity contribution in [3.63, 3.8) is 0 Å². The zero-order valence-electron chi connectivity index (χ0n) is 11.1. The van der Waals surface area contributed by atoms with Crippen molar-refractivity contribution in [2.75, 3.05) is 33.4 Å². The van der Waals surface area contributed by atoms with Crippen LogP contribution in [0.4, 0.5) is 0 Å². The Kier molecular flexibility index (Phi) is 4.58. The first-order valence-electron chi connectivity index (χ1n) is 6.81. The summed E-state index contributed by atoms with van der Waals surface area (Å²) in [5, 5.41) is 0. The van der Waals surface area contributed by atoms with Gasteiger partial charge in [-0.1, -0.05) is 0 Å². The first-order chi connectivity index (χ1) is 8.74. The number of hydrogen-bond acceptors (Lipinski definition) is 3. The van der Waals surface area contributed by atoms with Crippen LogP contribution in [0, 0.1) is 0 Å². The number of unbranched alkanes of at least 4 members (excludes halogenated alkanes) is 1. The summed E-state index contributed by atoms with van der Waals surface area (Å²) in [7, 11) is 1.68. The summed E-state index contributed by atoms with van der Waals surface area (Å²) in [6.45, 7) is 2.42. The molecular weight excluding hydrogens is 232 g/mol. The van der Waals surface area contributed by atoms with Crippen LogP contribution >= 0.6 is 0 Å². The highest BCUT2D eigenvalue weighted by molar-refractivity contribution is 5.95. The molecule has 2 saturated heterocycles. The van der Waals surface area contributed by atoms with Crippen LogP contribution < -0.4 is 0 Å². The maximum atomic E-state index is 12.3. The Hall–Kier alpha value is -1.10. The molecule has 1 atom stereocenters. The smallest absolute Gasteiger partial charge is 0.245 e. The Morgan fingerprint density at radius 3 is 2.89 bits per heavy atom. The lowest BCUT2D eigenvalue weighted by Crippen LogP contribution is -2.61. The summed E-state index contributed by atoms with van der Waals surface area (Å²) >= 11 is 0. The van der Waals surface area contributed by atoms with Gasteiger partial charge in [0.15, 0.2) is 0 Å². The molecule has 18 heavy (non-hydrogen) atoms. The number of rotatable bonds is 5. The molecule has 0 spiro atoms. The molecule has 0 aromatic carbocycles. The number of piperidine rings is 1. The number of carbonyl (C=O) groups excluding carboxylic acids is 2. The van der Waals surface area contributed by atoms with Crippen LogP contribution in [0.3, 0.4) is 0 Å². The number of carbonyl (C=O) groups is 2. The van der Waals surface area contributed by atoms with E-state index in [-0.39, 0.29) is 24.4 Å². The van der Waals surface area contributed by atoms with Gasteiger partial charge in [0.2, 0.25) is 11.8 Å². The summed E-state index contributed by atoms with van der Waals surface area (Å²) in [4.78, 5) is 27.8. The number of hydrogen-bond donors (Lipinski definition) is 0. The third-order valence-corrected chi connectivity index (χ3v) is 3.77. The van der Waals surface area contributed by atoms with Gasteiger partial charge in [0, 0.05) is 26.8 Å². The van der Waals surface area contributed by atoms with Crippen molar-refractivity contribution in [2.24, 2.45) is 0 Å². The third kappa shape index (κ3) is 2.83. The summed E-state index contributed by atoms with van der Waals surface area (Å²) in [6.07, 6.45) is 4.75. The Bertz CT molecular complexity index is 319. The van der Waals surface area contributed by atoms with Gasteiger partial charge < -0.3 is 14.5 Å². The summed E-state index contributed by atoms with van der Waals surface area (Å²) in [5.41, 5.74) is 0. The Labute approximate surface area is 108 Å². The van der Waals surface area contributed by atoms with Crippen LogP contribution in [0.2, 0.25) is 0 Å². The van der Waals surface area contributed by atoms with Crippen molar-refractivity contribution in [3.05, 3.63) is 0 Å². The average Bonchev–Trinajstić information content (AvgIpc) is 2.40. The minimum absolute atomic E-state index is 0.117. The number of methoxy groups -OCH3 is 1. The van der Waals surface area contributed by atoms with Crippen LogP contribution in [-0.4, -0.2) is 61.0 Å². The molecule has 2 rings (SSSR count). The van der Waals surface area contributed by atoms with E-state index in [2.05, 4.69) is 0 Å². The molecule has 0 bridgehead atoms. The van der Waals surface area contributed by atoms with Crippen LogP contribution in [0.15, 0.2) is 0 Å². The highest BCUT2D eigenvalue weighted by Crippen LogP contribution is 2.23. The molecule has 0 saturated carbocycles. The lowest BCUT2D eigenvalue weighted by Gasteiger charge is -2.42. The lowest BCUT2D eigenvalue weighted by atomic mass is 9.98. The van der Waals surface area contributed by atoms with Crippen LogP contribution in [0.25, 0.3) is 0 Å². The molecule has 2 amide bonds. The van der Waals surface area contributed by atoms with E-state index in [0.717, 1.165) is 38.6 Å². The first kappa shape index (κ1) is 13.3. The van der Waals surface area contributed by atoms with Gasteiger partial charge in [-0.25, -0.2) is 0 Å². The molecule has 0 radical (unpaired) electrons. The third-order valence-electron chi connectivity index (χ3n) is 3.77. The van der Waals surface area contributed by atoms with Crippen molar-refractivity contribution in [1.82, 2.24) is 9.80 Å². The van der Waals surface area contributed by atoms with Gasteiger partial charge in [-0.15, -0.1) is 0 Å². The molecule has 2 aliphatic heterocycles. The highest BCUT2D eigenvalue weighted by atomic mass is 16.5. The normalized spacial score (nSPS) is 24.4. The second-order valence-electron chi connectivity index (χ2n) is 5.06. The summed E-state index contributed by atoms with van der Waals surface area (Å²) < 4.78 is 4.99. The molecule has 0 aromatic rings. The number of piperazine rings is 1. The zero-order chi connectivity index (χ0) is 13.0. The Morgan fingerprint density at radius 1 is 1.28 bits per heavy atom. The van der Waals surface area contributed by atoms with Gasteiger partial charge in [-0.05, 0) is 32.1 Å². The Morgan fingerprint density at radius 2 is 2.11 bits per heavy atom. The number of fused-ring (bicyclic) bond motifs is 1. The molecule has 102 valence electrons. The standard InChI is InChI=1S/C13H22N2O3/c1-18-9-5-4-7-14-10-12(16)15-8-3-2-6-11(15)13(14)17/h11H,2-10H2,1H3. The van der Waals surface area contributed by atoms with Crippen LogP contribution in [-0.2, 0) is 14.3 Å². The summed E-state index contributed by atoms with van der Waals surface area (Å²) in [6, 6.07) is -0.178. The second-order valence-corrected chi connectivity index (χ2v) is 5.06.